The Morgan fingerprint density at radius 2 is 1.95 bits per heavy atom. The lowest BCUT2D eigenvalue weighted by atomic mass is 9.84. The third kappa shape index (κ3) is 3.01. The van der Waals surface area contributed by atoms with Crippen LogP contribution in [-0.4, -0.2) is 12.1 Å². The van der Waals surface area contributed by atoms with E-state index in [0.29, 0.717) is 11.8 Å². The van der Waals surface area contributed by atoms with Crippen molar-refractivity contribution in [3.8, 4) is 5.88 Å². The average Bonchev–Trinajstić information content (AvgIpc) is 2.54. The van der Waals surface area contributed by atoms with Gasteiger partial charge in [0.2, 0.25) is 5.88 Å². The monoisotopic (exact) mass is 303 g/mol. The van der Waals surface area contributed by atoms with Gasteiger partial charge >= 0.3 is 0 Å². The molecule has 1 saturated carbocycles. The second-order valence-electron chi connectivity index (χ2n) is 6.07. The van der Waals surface area contributed by atoms with Crippen LogP contribution >= 0.6 is 11.6 Å². The van der Waals surface area contributed by atoms with Gasteiger partial charge in [-0.1, -0.05) is 31.4 Å². The van der Waals surface area contributed by atoms with Crippen LogP contribution < -0.4 is 4.74 Å². The lowest BCUT2D eigenvalue weighted by molar-refractivity contribution is 0.348. The topological polar surface area (TPSA) is 22.1 Å². The molecular formula is C18H22ClNO. The molecule has 1 aromatic carbocycles. The molecule has 1 aromatic heterocycles. The van der Waals surface area contributed by atoms with Crippen molar-refractivity contribution in [3.63, 3.8) is 0 Å². The maximum atomic E-state index is 6.73. The first-order valence-corrected chi connectivity index (χ1v) is 8.22. The summed E-state index contributed by atoms with van der Waals surface area (Å²) in [6.45, 7) is 2.02. The molecule has 1 atom stereocenters. The number of halogens is 1. The molecular weight excluding hydrogens is 282 g/mol. The van der Waals surface area contributed by atoms with Gasteiger partial charge in [-0.25, -0.2) is 4.98 Å². The number of methoxy groups -OCH3 is 1. The summed E-state index contributed by atoms with van der Waals surface area (Å²) in [6.07, 6.45) is 6.48. The zero-order valence-corrected chi connectivity index (χ0v) is 13.5. The predicted molar refractivity (Wildman–Crippen MR) is 88.2 cm³/mol. The number of pyridine rings is 1. The van der Waals surface area contributed by atoms with Gasteiger partial charge in [-0.3, -0.25) is 0 Å². The maximum absolute atomic E-state index is 6.73. The van der Waals surface area contributed by atoms with Gasteiger partial charge in [0.25, 0.3) is 0 Å². The van der Waals surface area contributed by atoms with Gasteiger partial charge in [0.05, 0.1) is 18.0 Å². The van der Waals surface area contributed by atoms with Crippen molar-refractivity contribution in [1.82, 2.24) is 4.98 Å². The largest absolute Gasteiger partial charge is 0.481 e. The molecule has 3 rings (SSSR count). The van der Waals surface area contributed by atoms with Crippen LogP contribution in [0.1, 0.15) is 48.6 Å². The summed E-state index contributed by atoms with van der Waals surface area (Å²) >= 11 is 6.73. The smallest absolute Gasteiger partial charge is 0.216 e. The fourth-order valence-corrected chi connectivity index (χ4v) is 3.74. The quantitative estimate of drug-likeness (QED) is 0.707. The summed E-state index contributed by atoms with van der Waals surface area (Å²) < 4.78 is 5.33. The van der Waals surface area contributed by atoms with Crippen molar-refractivity contribution in [3.05, 3.63) is 35.4 Å². The highest BCUT2D eigenvalue weighted by molar-refractivity contribution is 6.21. The molecule has 0 saturated heterocycles. The van der Waals surface area contributed by atoms with Crippen LogP contribution in [-0.2, 0) is 0 Å². The van der Waals surface area contributed by atoms with E-state index < -0.39 is 0 Å². The van der Waals surface area contributed by atoms with E-state index in [-0.39, 0.29) is 5.38 Å². The molecule has 0 bridgehead atoms. The molecule has 21 heavy (non-hydrogen) atoms. The molecule has 1 fully saturated rings. The molecule has 0 amide bonds. The van der Waals surface area contributed by atoms with E-state index in [1.54, 1.807) is 7.11 Å². The Labute approximate surface area is 131 Å². The fraction of sp³-hybridized carbons (Fsp3) is 0.500. The number of alkyl halides is 1. The Morgan fingerprint density at radius 3 is 2.67 bits per heavy atom. The third-order valence-corrected chi connectivity index (χ3v) is 5.17. The number of nitrogens with zero attached hydrogens (tertiary/aromatic N) is 1. The van der Waals surface area contributed by atoms with Crippen LogP contribution in [0.2, 0.25) is 0 Å². The number of fused-ring (bicyclic) bond motifs is 1. The van der Waals surface area contributed by atoms with Crippen molar-refractivity contribution >= 4 is 22.5 Å². The van der Waals surface area contributed by atoms with Crippen LogP contribution in [0.5, 0.6) is 5.88 Å². The van der Waals surface area contributed by atoms with Crippen molar-refractivity contribution in [1.29, 1.82) is 0 Å². The highest BCUT2D eigenvalue weighted by Crippen LogP contribution is 2.39. The molecule has 1 aliphatic rings. The Morgan fingerprint density at radius 1 is 1.19 bits per heavy atom. The van der Waals surface area contributed by atoms with Crippen molar-refractivity contribution in [2.45, 2.75) is 44.4 Å². The van der Waals surface area contributed by atoms with E-state index in [1.165, 1.54) is 37.7 Å². The summed E-state index contributed by atoms with van der Waals surface area (Å²) in [7, 11) is 1.66. The first kappa shape index (κ1) is 14.6. The van der Waals surface area contributed by atoms with Gasteiger partial charge < -0.3 is 4.74 Å². The van der Waals surface area contributed by atoms with E-state index in [9.17, 15) is 0 Å². The van der Waals surface area contributed by atoms with Gasteiger partial charge in [0.1, 0.15) is 0 Å². The summed E-state index contributed by atoms with van der Waals surface area (Å²) in [4.78, 5) is 4.60. The number of rotatable bonds is 3. The number of ether oxygens (including phenoxy) is 1. The summed E-state index contributed by atoms with van der Waals surface area (Å²) in [5.41, 5.74) is 3.22. The Balaban J connectivity index is 1.94. The summed E-state index contributed by atoms with van der Waals surface area (Å²) in [5.74, 6) is 1.30. The summed E-state index contributed by atoms with van der Waals surface area (Å²) in [5, 5.41) is 1.24. The SMILES string of the molecule is COc1nc2cc(C(Cl)C3CCCCC3)ccc2cc1C. The molecule has 0 N–H and O–H groups in total. The van der Waals surface area contributed by atoms with Gasteiger partial charge in [0.15, 0.2) is 0 Å². The van der Waals surface area contributed by atoms with Crippen LogP contribution in [0.25, 0.3) is 10.9 Å². The Bertz CT molecular complexity index is 634. The molecule has 2 nitrogen and oxygen atoms in total. The fourth-order valence-electron chi connectivity index (χ4n) is 3.35. The highest BCUT2D eigenvalue weighted by Gasteiger charge is 2.23. The predicted octanol–water partition coefficient (Wildman–Crippen LogP) is 5.41. The minimum Gasteiger partial charge on any atom is -0.481 e. The lowest BCUT2D eigenvalue weighted by Gasteiger charge is -2.26. The lowest BCUT2D eigenvalue weighted by Crippen LogP contribution is -2.12. The van der Waals surface area contributed by atoms with Gasteiger partial charge in [-0.2, -0.15) is 0 Å². The zero-order valence-electron chi connectivity index (χ0n) is 12.7. The average molecular weight is 304 g/mol. The van der Waals surface area contributed by atoms with Crippen molar-refractivity contribution in [2.24, 2.45) is 5.92 Å². The zero-order chi connectivity index (χ0) is 14.8. The molecule has 2 aromatic rings. The van der Waals surface area contributed by atoms with Crippen LogP contribution in [0, 0.1) is 12.8 Å². The van der Waals surface area contributed by atoms with Crippen LogP contribution in [0.4, 0.5) is 0 Å². The molecule has 112 valence electrons. The van der Waals surface area contributed by atoms with E-state index in [0.717, 1.165) is 16.5 Å². The van der Waals surface area contributed by atoms with E-state index in [4.69, 9.17) is 16.3 Å². The second-order valence-corrected chi connectivity index (χ2v) is 6.54. The molecule has 0 spiro atoms. The molecule has 0 radical (unpaired) electrons. The van der Waals surface area contributed by atoms with E-state index >= 15 is 0 Å². The molecule has 0 aliphatic heterocycles. The van der Waals surface area contributed by atoms with Crippen LogP contribution in [0.15, 0.2) is 24.3 Å². The number of aromatic nitrogens is 1. The van der Waals surface area contributed by atoms with E-state index in [2.05, 4.69) is 29.2 Å². The number of hydrogen-bond donors (Lipinski definition) is 0. The molecule has 1 heterocycles. The minimum atomic E-state index is 0.101. The van der Waals surface area contributed by atoms with Gasteiger partial charge in [-0.05, 0) is 43.4 Å². The molecule has 3 heteroatoms. The van der Waals surface area contributed by atoms with Gasteiger partial charge in [-0.15, -0.1) is 11.6 Å². The van der Waals surface area contributed by atoms with Crippen LogP contribution in [0.3, 0.4) is 0 Å². The highest BCUT2D eigenvalue weighted by atomic mass is 35.5. The maximum Gasteiger partial charge on any atom is 0.216 e. The minimum absolute atomic E-state index is 0.101. The Kier molecular flexibility index (Phi) is 4.34. The number of hydrogen-bond acceptors (Lipinski definition) is 2. The first-order valence-electron chi connectivity index (χ1n) is 7.78. The third-order valence-electron chi connectivity index (χ3n) is 4.56. The normalized spacial score (nSPS) is 17.9. The molecule has 1 unspecified atom stereocenters. The first-order chi connectivity index (χ1) is 10.2. The molecule has 1 aliphatic carbocycles. The van der Waals surface area contributed by atoms with Gasteiger partial charge in [0, 0.05) is 10.9 Å². The second kappa shape index (κ2) is 6.23. The standard InChI is InChI=1S/C18H22ClNO/c1-12-10-14-8-9-15(11-16(14)20-18(12)21-2)17(19)13-6-4-3-5-7-13/h8-11,13,17H,3-7H2,1-2H3. The number of benzene rings is 1. The summed E-state index contributed by atoms with van der Waals surface area (Å²) in [6, 6.07) is 8.53. The van der Waals surface area contributed by atoms with Crippen molar-refractivity contribution < 1.29 is 4.74 Å². The van der Waals surface area contributed by atoms with E-state index in [1.807, 2.05) is 6.92 Å². The van der Waals surface area contributed by atoms with Crippen molar-refractivity contribution in [2.75, 3.05) is 7.11 Å². The number of aryl methyl sites for hydroxylation is 1. The Hall–Kier alpha value is -1.28.